The molecule has 0 aliphatic rings. The zero-order valence-electron chi connectivity index (χ0n) is 7.48. The highest BCUT2D eigenvalue weighted by Crippen LogP contribution is 2.20. The molecule has 0 aromatic carbocycles. The van der Waals surface area contributed by atoms with Crippen LogP contribution < -0.4 is 5.32 Å². The van der Waals surface area contributed by atoms with E-state index in [4.69, 9.17) is 11.6 Å². The summed E-state index contributed by atoms with van der Waals surface area (Å²) in [4.78, 5) is 8.28. The zero-order valence-corrected chi connectivity index (χ0v) is 8.24. The summed E-state index contributed by atoms with van der Waals surface area (Å²) >= 11 is 5.92. The zero-order chi connectivity index (χ0) is 9.14. The monoisotopic (exact) mass is 185 g/mol. The van der Waals surface area contributed by atoms with Crippen molar-refractivity contribution in [2.75, 3.05) is 12.4 Å². The van der Waals surface area contributed by atoms with Gasteiger partial charge in [-0.15, -0.1) is 0 Å². The van der Waals surface area contributed by atoms with Gasteiger partial charge in [0.1, 0.15) is 16.8 Å². The molecule has 0 saturated carbocycles. The Morgan fingerprint density at radius 3 is 2.58 bits per heavy atom. The fourth-order valence-corrected chi connectivity index (χ4v) is 1.43. The Balaban J connectivity index is 3.24. The molecule has 1 rings (SSSR count). The van der Waals surface area contributed by atoms with E-state index in [2.05, 4.69) is 15.3 Å². The summed E-state index contributed by atoms with van der Waals surface area (Å²) in [7, 11) is 1.83. The van der Waals surface area contributed by atoms with Gasteiger partial charge in [0.15, 0.2) is 0 Å². The first kappa shape index (κ1) is 9.26. The maximum absolute atomic E-state index is 5.92. The van der Waals surface area contributed by atoms with Gasteiger partial charge >= 0.3 is 0 Å². The predicted molar refractivity (Wildman–Crippen MR) is 50.7 cm³/mol. The first-order chi connectivity index (χ1) is 5.69. The number of aryl methyl sites for hydroxylation is 1. The normalized spacial score (nSPS) is 10.0. The Kier molecular flexibility index (Phi) is 2.87. The van der Waals surface area contributed by atoms with Crippen molar-refractivity contribution in [2.45, 2.75) is 20.3 Å². The molecule has 0 amide bonds. The maximum atomic E-state index is 5.92. The van der Waals surface area contributed by atoms with E-state index >= 15 is 0 Å². The van der Waals surface area contributed by atoms with E-state index in [1.807, 2.05) is 20.9 Å². The van der Waals surface area contributed by atoms with Gasteiger partial charge < -0.3 is 5.32 Å². The van der Waals surface area contributed by atoms with E-state index in [0.29, 0.717) is 11.0 Å². The highest BCUT2D eigenvalue weighted by atomic mass is 35.5. The number of nitrogens with zero attached hydrogens (tertiary/aromatic N) is 2. The van der Waals surface area contributed by atoms with Gasteiger partial charge in [0.2, 0.25) is 0 Å². The molecule has 66 valence electrons. The van der Waals surface area contributed by atoms with Crippen molar-refractivity contribution in [3.63, 3.8) is 0 Å². The lowest BCUT2D eigenvalue weighted by Gasteiger charge is -2.07. The Labute approximate surface area is 77.2 Å². The van der Waals surface area contributed by atoms with Crippen molar-refractivity contribution in [1.29, 1.82) is 0 Å². The van der Waals surface area contributed by atoms with E-state index in [1.54, 1.807) is 0 Å². The number of halogens is 1. The van der Waals surface area contributed by atoms with Crippen LogP contribution in [0.4, 0.5) is 5.82 Å². The summed E-state index contributed by atoms with van der Waals surface area (Å²) < 4.78 is 0. The molecule has 0 fully saturated rings. The van der Waals surface area contributed by atoms with Gasteiger partial charge in [0.05, 0.1) is 0 Å². The van der Waals surface area contributed by atoms with Gasteiger partial charge in [-0.2, -0.15) is 0 Å². The van der Waals surface area contributed by atoms with E-state index < -0.39 is 0 Å². The Hall–Kier alpha value is -0.830. The Morgan fingerprint density at radius 1 is 1.42 bits per heavy atom. The molecule has 1 aromatic heterocycles. The third-order valence-corrected chi connectivity index (χ3v) is 1.97. The largest absolute Gasteiger partial charge is 0.373 e. The van der Waals surface area contributed by atoms with E-state index in [0.717, 1.165) is 17.8 Å². The van der Waals surface area contributed by atoms with Crippen molar-refractivity contribution in [3.8, 4) is 0 Å². The highest BCUT2D eigenvalue weighted by molar-refractivity contribution is 6.30. The summed E-state index contributed by atoms with van der Waals surface area (Å²) in [5.74, 6) is 1.52. The van der Waals surface area contributed by atoms with Crippen LogP contribution in [0.1, 0.15) is 18.3 Å². The minimum atomic E-state index is 0.550. The van der Waals surface area contributed by atoms with Gasteiger partial charge in [-0.3, -0.25) is 0 Å². The van der Waals surface area contributed by atoms with Crippen LogP contribution in [-0.4, -0.2) is 17.0 Å². The van der Waals surface area contributed by atoms with Crippen LogP contribution in [0.3, 0.4) is 0 Å². The standard InChI is InChI=1S/C8H12ClN3/c1-4-6-7(9)11-5(2)12-8(6)10-3/h4H2,1-3H3,(H,10,11,12). The van der Waals surface area contributed by atoms with Crippen LogP contribution in [0, 0.1) is 6.92 Å². The van der Waals surface area contributed by atoms with E-state index in [9.17, 15) is 0 Å². The molecule has 0 spiro atoms. The van der Waals surface area contributed by atoms with Gasteiger partial charge in [-0.25, -0.2) is 9.97 Å². The van der Waals surface area contributed by atoms with Crippen molar-refractivity contribution in [1.82, 2.24) is 9.97 Å². The summed E-state index contributed by atoms with van der Waals surface area (Å²) in [5.41, 5.74) is 0.977. The van der Waals surface area contributed by atoms with Crippen molar-refractivity contribution in [2.24, 2.45) is 0 Å². The fourth-order valence-electron chi connectivity index (χ4n) is 1.08. The molecular weight excluding hydrogens is 174 g/mol. The minimum absolute atomic E-state index is 0.550. The van der Waals surface area contributed by atoms with Gasteiger partial charge in [-0.05, 0) is 13.3 Å². The second-order valence-corrected chi connectivity index (χ2v) is 2.85. The molecule has 0 bridgehead atoms. The number of aromatic nitrogens is 2. The number of hydrogen-bond acceptors (Lipinski definition) is 3. The summed E-state index contributed by atoms with van der Waals surface area (Å²) in [6.07, 6.45) is 0.843. The van der Waals surface area contributed by atoms with Gasteiger partial charge in [-0.1, -0.05) is 18.5 Å². The smallest absolute Gasteiger partial charge is 0.138 e. The SMILES string of the molecule is CCc1c(Cl)nc(C)nc1NC. The third-order valence-electron chi connectivity index (χ3n) is 1.66. The fraction of sp³-hybridized carbons (Fsp3) is 0.500. The minimum Gasteiger partial charge on any atom is -0.373 e. The predicted octanol–water partition coefficient (Wildman–Crippen LogP) is 2.04. The average molecular weight is 186 g/mol. The number of rotatable bonds is 2. The molecule has 0 atom stereocenters. The second-order valence-electron chi connectivity index (χ2n) is 2.49. The number of nitrogens with one attached hydrogen (secondary N) is 1. The molecular formula is C8H12ClN3. The molecule has 12 heavy (non-hydrogen) atoms. The first-order valence-corrected chi connectivity index (χ1v) is 4.27. The van der Waals surface area contributed by atoms with E-state index in [1.165, 1.54) is 0 Å². The van der Waals surface area contributed by atoms with Crippen LogP contribution in [0.2, 0.25) is 5.15 Å². The van der Waals surface area contributed by atoms with Gasteiger partial charge in [0, 0.05) is 12.6 Å². The Bertz CT molecular complexity index is 286. The molecule has 0 radical (unpaired) electrons. The van der Waals surface area contributed by atoms with Crippen LogP contribution in [0.15, 0.2) is 0 Å². The first-order valence-electron chi connectivity index (χ1n) is 3.89. The lowest BCUT2D eigenvalue weighted by Crippen LogP contribution is -2.02. The highest BCUT2D eigenvalue weighted by Gasteiger charge is 2.07. The number of anilines is 1. The topological polar surface area (TPSA) is 37.8 Å². The third kappa shape index (κ3) is 1.67. The van der Waals surface area contributed by atoms with Crippen molar-refractivity contribution >= 4 is 17.4 Å². The second kappa shape index (κ2) is 3.72. The van der Waals surface area contributed by atoms with Crippen LogP contribution >= 0.6 is 11.6 Å². The van der Waals surface area contributed by atoms with Crippen LogP contribution in [0.5, 0.6) is 0 Å². The van der Waals surface area contributed by atoms with Gasteiger partial charge in [0.25, 0.3) is 0 Å². The molecule has 3 nitrogen and oxygen atoms in total. The molecule has 1 N–H and O–H groups in total. The van der Waals surface area contributed by atoms with Crippen molar-refractivity contribution in [3.05, 3.63) is 16.5 Å². The lowest BCUT2D eigenvalue weighted by atomic mass is 10.2. The molecule has 0 unspecified atom stereocenters. The molecule has 4 heteroatoms. The van der Waals surface area contributed by atoms with E-state index in [-0.39, 0.29) is 0 Å². The summed E-state index contributed by atoms with van der Waals surface area (Å²) in [6, 6.07) is 0. The number of hydrogen-bond donors (Lipinski definition) is 1. The maximum Gasteiger partial charge on any atom is 0.138 e. The molecule has 0 aliphatic heterocycles. The lowest BCUT2D eigenvalue weighted by molar-refractivity contribution is 0.992. The Morgan fingerprint density at radius 2 is 2.08 bits per heavy atom. The molecule has 0 aliphatic carbocycles. The summed E-state index contributed by atoms with van der Waals surface area (Å²) in [6.45, 7) is 3.85. The quantitative estimate of drug-likeness (QED) is 0.717. The van der Waals surface area contributed by atoms with Crippen molar-refractivity contribution < 1.29 is 0 Å². The average Bonchev–Trinajstić information content (AvgIpc) is 2.03. The molecule has 0 saturated heterocycles. The van der Waals surface area contributed by atoms with Crippen LogP contribution in [0.25, 0.3) is 0 Å². The molecule has 1 heterocycles. The summed E-state index contributed by atoms with van der Waals surface area (Å²) in [5, 5.41) is 3.54. The van der Waals surface area contributed by atoms with Crippen LogP contribution in [-0.2, 0) is 6.42 Å². The molecule has 1 aromatic rings.